The van der Waals surface area contributed by atoms with E-state index in [4.69, 9.17) is 15.2 Å². The van der Waals surface area contributed by atoms with Gasteiger partial charge in [-0.2, -0.15) is 0 Å². The van der Waals surface area contributed by atoms with Crippen LogP contribution < -0.4 is 11.1 Å². The maximum Gasteiger partial charge on any atom is 0.220 e. The molecule has 0 aromatic heterocycles. The number of methoxy groups -OCH3 is 1. The molecule has 0 saturated heterocycles. The Bertz CT molecular complexity index is 202. The molecule has 0 aliphatic carbocycles. The first-order valence-corrected chi connectivity index (χ1v) is 6.08. The molecule has 0 rings (SSSR count). The van der Waals surface area contributed by atoms with E-state index in [0.29, 0.717) is 39.2 Å². The second-order valence-electron chi connectivity index (χ2n) is 4.80. The largest absolute Gasteiger partial charge is 0.382 e. The van der Waals surface area contributed by atoms with Crippen LogP contribution in [0.5, 0.6) is 0 Å². The molecule has 0 aliphatic rings. The fraction of sp³-hybridized carbons (Fsp3) is 0.917. The van der Waals surface area contributed by atoms with Crippen LogP contribution in [0.25, 0.3) is 0 Å². The molecule has 0 aromatic rings. The van der Waals surface area contributed by atoms with Crippen LogP contribution in [0.3, 0.4) is 0 Å². The van der Waals surface area contributed by atoms with Crippen molar-refractivity contribution >= 4 is 5.91 Å². The summed E-state index contributed by atoms with van der Waals surface area (Å²) in [5.74, 6) is 0.0559. The number of carbonyl (C=O) groups is 1. The highest BCUT2D eigenvalue weighted by Gasteiger charge is 2.12. The second kappa shape index (κ2) is 9.39. The van der Waals surface area contributed by atoms with E-state index in [0.717, 1.165) is 6.42 Å². The van der Waals surface area contributed by atoms with E-state index in [1.165, 1.54) is 0 Å². The number of carbonyl (C=O) groups excluding carboxylic acids is 1. The summed E-state index contributed by atoms with van der Waals surface area (Å²) in [6.07, 6.45) is 2.00. The summed E-state index contributed by atoms with van der Waals surface area (Å²) in [4.78, 5) is 11.4. The molecule has 5 heteroatoms. The van der Waals surface area contributed by atoms with E-state index >= 15 is 0 Å². The van der Waals surface area contributed by atoms with E-state index in [9.17, 15) is 4.79 Å². The van der Waals surface area contributed by atoms with E-state index in [1.807, 2.05) is 13.8 Å². The van der Waals surface area contributed by atoms with Gasteiger partial charge in [0, 0.05) is 32.2 Å². The first kappa shape index (κ1) is 16.4. The number of amides is 1. The van der Waals surface area contributed by atoms with Gasteiger partial charge in [0.05, 0.1) is 13.2 Å². The molecule has 0 radical (unpaired) electrons. The van der Waals surface area contributed by atoms with E-state index in [-0.39, 0.29) is 11.4 Å². The van der Waals surface area contributed by atoms with Crippen molar-refractivity contribution in [2.45, 2.75) is 38.6 Å². The molecule has 0 spiro atoms. The van der Waals surface area contributed by atoms with Gasteiger partial charge in [0.2, 0.25) is 5.91 Å². The van der Waals surface area contributed by atoms with Crippen LogP contribution in [0.1, 0.15) is 33.1 Å². The van der Waals surface area contributed by atoms with Crippen LogP contribution in [0, 0.1) is 0 Å². The predicted molar refractivity (Wildman–Crippen MR) is 67.8 cm³/mol. The molecule has 0 saturated carbocycles. The molecular formula is C12H26N2O3. The standard InChI is InChI=1S/C12H26N2O3/c1-12(2,13)6-5-11(15)14-7-4-8-17-10-9-16-3/h4-10,13H2,1-3H3,(H,14,15). The zero-order valence-electron chi connectivity index (χ0n) is 11.3. The molecule has 0 fully saturated rings. The Hall–Kier alpha value is -0.650. The van der Waals surface area contributed by atoms with E-state index in [2.05, 4.69) is 5.32 Å². The maximum atomic E-state index is 11.4. The Morgan fingerprint density at radius 2 is 2.00 bits per heavy atom. The lowest BCUT2D eigenvalue weighted by Gasteiger charge is -2.17. The van der Waals surface area contributed by atoms with Crippen LogP contribution in [0.15, 0.2) is 0 Å². The quantitative estimate of drug-likeness (QED) is 0.556. The molecule has 0 aromatic carbocycles. The molecule has 5 nitrogen and oxygen atoms in total. The maximum absolute atomic E-state index is 11.4. The number of hydrogen-bond acceptors (Lipinski definition) is 4. The van der Waals surface area contributed by atoms with Crippen LogP contribution >= 0.6 is 0 Å². The lowest BCUT2D eigenvalue weighted by molar-refractivity contribution is -0.121. The van der Waals surface area contributed by atoms with Crippen molar-refractivity contribution < 1.29 is 14.3 Å². The predicted octanol–water partition coefficient (Wildman–Crippen LogP) is 0.673. The van der Waals surface area contributed by atoms with Crippen molar-refractivity contribution in [3.05, 3.63) is 0 Å². The van der Waals surface area contributed by atoms with Gasteiger partial charge in [0.1, 0.15) is 0 Å². The summed E-state index contributed by atoms with van der Waals surface area (Å²) in [6.45, 7) is 6.35. The summed E-state index contributed by atoms with van der Waals surface area (Å²) in [5.41, 5.74) is 5.52. The van der Waals surface area contributed by atoms with E-state index < -0.39 is 0 Å². The fourth-order valence-corrected chi connectivity index (χ4v) is 1.17. The van der Waals surface area contributed by atoms with Gasteiger partial charge in [-0.3, -0.25) is 4.79 Å². The van der Waals surface area contributed by atoms with Gasteiger partial charge in [0.25, 0.3) is 0 Å². The van der Waals surface area contributed by atoms with Crippen molar-refractivity contribution in [3.8, 4) is 0 Å². The first-order valence-electron chi connectivity index (χ1n) is 6.08. The zero-order valence-corrected chi connectivity index (χ0v) is 11.3. The van der Waals surface area contributed by atoms with Crippen molar-refractivity contribution in [2.24, 2.45) is 5.73 Å². The Balaban J connectivity index is 3.28. The molecule has 0 unspecified atom stereocenters. The molecule has 0 heterocycles. The van der Waals surface area contributed by atoms with Gasteiger partial charge in [-0.05, 0) is 26.7 Å². The smallest absolute Gasteiger partial charge is 0.220 e. The Morgan fingerprint density at radius 3 is 2.59 bits per heavy atom. The highest BCUT2D eigenvalue weighted by atomic mass is 16.5. The number of ether oxygens (including phenoxy) is 2. The Kier molecular flexibility index (Phi) is 9.03. The molecule has 102 valence electrons. The number of hydrogen-bond donors (Lipinski definition) is 2. The molecule has 17 heavy (non-hydrogen) atoms. The first-order chi connectivity index (χ1) is 7.95. The molecule has 0 aliphatic heterocycles. The Labute approximate surface area is 104 Å². The monoisotopic (exact) mass is 246 g/mol. The van der Waals surface area contributed by atoms with Crippen molar-refractivity contribution in [1.29, 1.82) is 0 Å². The molecule has 3 N–H and O–H groups in total. The van der Waals surface area contributed by atoms with Crippen LogP contribution in [0.2, 0.25) is 0 Å². The van der Waals surface area contributed by atoms with Crippen LogP contribution in [-0.4, -0.2) is 44.9 Å². The third kappa shape index (κ3) is 13.3. The van der Waals surface area contributed by atoms with Gasteiger partial charge >= 0.3 is 0 Å². The summed E-state index contributed by atoms with van der Waals surface area (Å²) in [7, 11) is 1.64. The van der Waals surface area contributed by atoms with Crippen molar-refractivity contribution in [3.63, 3.8) is 0 Å². The highest BCUT2D eigenvalue weighted by molar-refractivity contribution is 5.75. The SMILES string of the molecule is COCCOCCCNC(=O)CCC(C)(C)N. The number of nitrogens with one attached hydrogen (secondary N) is 1. The average molecular weight is 246 g/mol. The minimum Gasteiger partial charge on any atom is -0.382 e. The Morgan fingerprint density at radius 1 is 1.29 bits per heavy atom. The molecule has 0 bridgehead atoms. The molecule has 1 amide bonds. The van der Waals surface area contributed by atoms with Gasteiger partial charge in [0.15, 0.2) is 0 Å². The molecule has 0 atom stereocenters. The molecular weight excluding hydrogens is 220 g/mol. The van der Waals surface area contributed by atoms with Crippen molar-refractivity contribution in [1.82, 2.24) is 5.32 Å². The third-order valence-electron chi connectivity index (χ3n) is 2.22. The summed E-state index contributed by atoms with van der Waals surface area (Å²) in [5, 5.41) is 2.84. The van der Waals surface area contributed by atoms with Gasteiger partial charge in [-0.15, -0.1) is 0 Å². The zero-order chi connectivity index (χ0) is 13.1. The van der Waals surface area contributed by atoms with E-state index in [1.54, 1.807) is 7.11 Å². The summed E-state index contributed by atoms with van der Waals surface area (Å²) >= 11 is 0. The van der Waals surface area contributed by atoms with Crippen molar-refractivity contribution in [2.75, 3.05) is 33.5 Å². The van der Waals surface area contributed by atoms with Gasteiger partial charge < -0.3 is 20.5 Å². The summed E-state index contributed by atoms with van der Waals surface area (Å²) < 4.78 is 10.1. The average Bonchev–Trinajstić information content (AvgIpc) is 2.24. The van der Waals surface area contributed by atoms with Crippen LogP contribution in [-0.2, 0) is 14.3 Å². The minimum absolute atomic E-state index is 0.0559. The second-order valence-corrected chi connectivity index (χ2v) is 4.80. The van der Waals surface area contributed by atoms with Gasteiger partial charge in [-0.25, -0.2) is 0 Å². The van der Waals surface area contributed by atoms with Crippen LogP contribution in [0.4, 0.5) is 0 Å². The number of nitrogens with two attached hydrogens (primary N) is 1. The lowest BCUT2D eigenvalue weighted by atomic mass is 10.00. The third-order valence-corrected chi connectivity index (χ3v) is 2.22. The minimum atomic E-state index is -0.277. The fourth-order valence-electron chi connectivity index (χ4n) is 1.17. The highest BCUT2D eigenvalue weighted by Crippen LogP contribution is 2.06. The lowest BCUT2D eigenvalue weighted by Crippen LogP contribution is -2.34. The normalized spacial score (nSPS) is 11.5. The number of rotatable bonds is 10. The summed E-state index contributed by atoms with van der Waals surface area (Å²) in [6, 6.07) is 0. The van der Waals surface area contributed by atoms with Gasteiger partial charge in [-0.1, -0.05) is 0 Å². The topological polar surface area (TPSA) is 73.6 Å².